The zero-order chi connectivity index (χ0) is 10.7. The SMILES string of the molecule is N#CC1CCCOC1c1ccc(Br)cn1. The third-order valence-electron chi connectivity index (χ3n) is 2.53. The molecule has 0 aromatic carbocycles. The third kappa shape index (κ3) is 2.36. The highest BCUT2D eigenvalue weighted by Gasteiger charge is 2.28. The molecule has 2 unspecified atom stereocenters. The minimum Gasteiger partial charge on any atom is -0.371 e. The monoisotopic (exact) mass is 266 g/mol. The van der Waals surface area contributed by atoms with E-state index in [4.69, 9.17) is 10.00 Å². The summed E-state index contributed by atoms with van der Waals surface area (Å²) in [7, 11) is 0. The van der Waals surface area contributed by atoms with Crippen LogP contribution < -0.4 is 0 Å². The first-order valence-electron chi connectivity index (χ1n) is 4.94. The molecular weight excluding hydrogens is 256 g/mol. The summed E-state index contributed by atoms with van der Waals surface area (Å²) in [5.41, 5.74) is 0.851. The molecule has 2 rings (SSSR count). The zero-order valence-corrected chi connectivity index (χ0v) is 9.77. The molecule has 0 radical (unpaired) electrons. The molecule has 1 fully saturated rings. The van der Waals surface area contributed by atoms with E-state index in [0.717, 1.165) is 29.6 Å². The van der Waals surface area contributed by atoms with Crippen LogP contribution in [0.2, 0.25) is 0 Å². The molecule has 0 bridgehead atoms. The van der Waals surface area contributed by atoms with Gasteiger partial charge < -0.3 is 4.74 Å². The van der Waals surface area contributed by atoms with Crippen LogP contribution in [-0.4, -0.2) is 11.6 Å². The van der Waals surface area contributed by atoms with Crippen molar-refractivity contribution in [2.45, 2.75) is 18.9 Å². The molecule has 4 heteroatoms. The highest BCUT2D eigenvalue weighted by atomic mass is 79.9. The van der Waals surface area contributed by atoms with Gasteiger partial charge in [0.15, 0.2) is 0 Å². The lowest BCUT2D eigenvalue weighted by Gasteiger charge is -2.26. The van der Waals surface area contributed by atoms with E-state index in [0.29, 0.717) is 0 Å². The summed E-state index contributed by atoms with van der Waals surface area (Å²) in [6.45, 7) is 0.723. The summed E-state index contributed by atoms with van der Waals surface area (Å²) < 4.78 is 6.55. The van der Waals surface area contributed by atoms with Gasteiger partial charge in [-0.3, -0.25) is 4.98 Å². The minimum atomic E-state index is -0.156. The number of ether oxygens (including phenoxy) is 1. The standard InChI is InChI=1S/C11H11BrN2O/c12-9-3-4-10(14-7-9)11-8(6-13)2-1-5-15-11/h3-4,7-8,11H,1-2,5H2. The van der Waals surface area contributed by atoms with Gasteiger partial charge in [0.2, 0.25) is 0 Å². The van der Waals surface area contributed by atoms with Crippen LogP contribution in [0.5, 0.6) is 0 Å². The Hall–Kier alpha value is -0.920. The average molecular weight is 267 g/mol. The molecule has 78 valence electrons. The molecule has 1 aliphatic rings. The van der Waals surface area contributed by atoms with Crippen LogP contribution in [0, 0.1) is 17.2 Å². The Morgan fingerprint density at radius 1 is 1.53 bits per heavy atom. The summed E-state index contributed by atoms with van der Waals surface area (Å²) in [5, 5.41) is 9.01. The van der Waals surface area contributed by atoms with E-state index in [2.05, 4.69) is 27.0 Å². The van der Waals surface area contributed by atoms with E-state index in [1.165, 1.54) is 0 Å². The van der Waals surface area contributed by atoms with Crippen molar-refractivity contribution < 1.29 is 4.74 Å². The van der Waals surface area contributed by atoms with E-state index in [1.54, 1.807) is 6.20 Å². The number of hydrogen-bond acceptors (Lipinski definition) is 3. The molecule has 3 nitrogen and oxygen atoms in total. The van der Waals surface area contributed by atoms with Crippen molar-refractivity contribution in [3.05, 3.63) is 28.5 Å². The largest absolute Gasteiger partial charge is 0.371 e. The van der Waals surface area contributed by atoms with Crippen LogP contribution in [0.3, 0.4) is 0 Å². The highest BCUT2D eigenvalue weighted by Crippen LogP contribution is 2.32. The summed E-state index contributed by atoms with van der Waals surface area (Å²) in [5.74, 6) is -0.0626. The van der Waals surface area contributed by atoms with E-state index < -0.39 is 0 Å². The van der Waals surface area contributed by atoms with E-state index in [-0.39, 0.29) is 12.0 Å². The van der Waals surface area contributed by atoms with Gasteiger partial charge in [0, 0.05) is 17.3 Å². The second-order valence-electron chi connectivity index (χ2n) is 3.57. The van der Waals surface area contributed by atoms with Gasteiger partial charge >= 0.3 is 0 Å². The van der Waals surface area contributed by atoms with E-state index in [1.807, 2.05) is 12.1 Å². The Morgan fingerprint density at radius 3 is 3.07 bits per heavy atom. The van der Waals surface area contributed by atoms with Crippen molar-refractivity contribution in [3.8, 4) is 6.07 Å². The smallest absolute Gasteiger partial charge is 0.115 e. The number of aromatic nitrogens is 1. The first-order valence-corrected chi connectivity index (χ1v) is 5.73. The number of rotatable bonds is 1. The molecular formula is C11H11BrN2O. The summed E-state index contributed by atoms with van der Waals surface area (Å²) in [6.07, 6.45) is 3.45. The topological polar surface area (TPSA) is 45.9 Å². The molecule has 1 aromatic heterocycles. The van der Waals surface area contributed by atoms with Gasteiger partial charge in [-0.2, -0.15) is 5.26 Å². The van der Waals surface area contributed by atoms with Gasteiger partial charge in [0.25, 0.3) is 0 Å². The fourth-order valence-electron chi connectivity index (χ4n) is 1.76. The second kappa shape index (κ2) is 4.73. The lowest BCUT2D eigenvalue weighted by molar-refractivity contribution is -0.0127. The maximum absolute atomic E-state index is 9.01. The maximum Gasteiger partial charge on any atom is 0.115 e. The molecule has 1 saturated heterocycles. The quantitative estimate of drug-likeness (QED) is 0.786. The second-order valence-corrected chi connectivity index (χ2v) is 4.49. The van der Waals surface area contributed by atoms with Gasteiger partial charge in [-0.1, -0.05) is 0 Å². The summed E-state index contributed by atoms with van der Waals surface area (Å²) in [6, 6.07) is 6.12. The Kier molecular flexibility index (Phi) is 3.34. The predicted molar refractivity (Wildman–Crippen MR) is 59.0 cm³/mol. The number of nitriles is 1. The number of nitrogens with zero attached hydrogens (tertiary/aromatic N) is 2. The molecule has 0 saturated carbocycles. The van der Waals surface area contributed by atoms with E-state index in [9.17, 15) is 0 Å². The fraction of sp³-hybridized carbons (Fsp3) is 0.455. The minimum absolute atomic E-state index is 0.0626. The Morgan fingerprint density at radius 2 is 2.40 bits per heavy atom. The van der Waals surface area contributed by atoms with Crippen LogP contribution in [0.4, 0.5) is 0 Å². The summed E-state index contributed by atoms with van der Waals surface area (Å²) in [4.78, 5) is 4.28. The third-order valence-corrected chi connectivity index (χ3v) is 3.00. The van der Waals surface area contributed by atoms with Crippen molar-refractivity contribution in [2.24, 2.45) is 5.92 Å². The van der Waals surface area contributed by atoms with Crippen LogP contribution in [0.1, 0.15) is 24.6 Å². The molecule has 2 atom stereocenters. The molecule has 2 heterocycles. The van der Waals surface area contributed by atoms with E-state index >= 15 is 0 Å². The van der Waals surface area contributed by atoms with Crippen molar-refractivity contribution in [2.75, 3.05) is 6.61 Å². The average Bonchev–Trinajstić information content (AvgIpc) is 2.30. The van der Waals surface area contributed by atoms with Gasteiger partial charge in [0.05, 0.1) is 17.7 Å². The normalized spacial score (nSPS) is 25.9. The molecule has 1 aromatic rings. The Bertz CT molecular complexity index is 371. The Balaban J connectivity index is 2.21. The molecule has 0 amide bonds. The first-order chi connectivity index (χ1) is 7.31. The van der Waals surface area contributed by atoms with Crippen LogP contribution in [-0.2, 0) is 4.74 Å². The fourth-order valence-corrected chi connectivity index (χ4v) is 1.99. The van der Waals surface area contributed by atoms with Crippen molar-refractivity contribution >= 4 is 15.9 Å². The zero-order valence-electron chi connectivity index (χ0n) is 8.19. The van der Waals surface area contributed by atoms with Gasteiger partial charge in [-0.25, -0.2) is 0 Å². The predicted octanol–water partition coefficient (Wildman–Crippen LogP) is 2.84. The lowest BCUT2D eigenvalue weighted by Crippen LogP contribution is -2.22. The maximum atomic E-state index is 9.01. The highest BCUT2D eigenvalue weighted by molar-refractivity contribution is 9.10. The van der Waals surface area contributed by atoms with Crippen molar-refractivity contribution in [1.82, 2.24) is 4.98 Å². The molecule has 1 aliphatic heterocycles. The van der Waals surface area contributed by atoms with Gasteiger partial charge in [-0.15, -0.1) is 0 Å². The summed E-state index contributed by atoms with van der Waals surface area (Å²) >= 11 is 3.33. The molecule has 0 spiro atoms. The molecule has 0 N–H and O–H groups in total. The molecule has 15 heavy (non-hydrogen) atoms. The van der Waals surface area contributed by atoms with Crippen molar-refractivity contribution in [3.63, 3.8) is 0 Å². The first kappa shape index (κ1) is 10.6. The van der Waals surface area contributed by atoms with Crippen LogP contribution in [0.15, 0.2) is 22.8 Å². The van der Waals surface area contributed by atoms with Crippen LogP contribution >= 0.6 is 15.9 Å². The van der Waals surface area contributed by atoms with Crippen molar-refractivity contribution in [1.29, 1.82) is 5.26 Å². The Labute approximate surface area is 97.2 Å². The number of halogens is 1. The van der Waals surface area contributed by atoms with Crippen LogP contribution in [0.25, 0.3) is 0 Å². The number of hydrogen-bond donors (Lipinski definition) is 0. The lowest BCUT2D eigenvalue weighted by atomic mass is 9.93. The van der Waals surface area contributed by atoms with Gasteiger partial charge in [0.1, 0.15) is 6.10 Å². The van der Waals surface area contributed by atoms with Gasteiger partial charge in [-0.05, 0) is 40.9 Å². The molecule has 0 aliphatic carbocycles. The number of pyridine rings is 1.